The predicted octanol–water partition coefficient (Wildman–Crippen LogP) is 4.05. The summed E-state index contributed by atoms with van der Waals surface area (Å²) in [6.07, 6.45) is 8.77. The molecular weight excluding hydrogens is 380 g/mol. The van der Waals surface area contributed by atoms with Crippen molar-refractivity contribution >= 4 is 11.9 Å². The summed E-state index contributed by atoms with van der Waals surface area (Å²) in [7, 11) is 0. The Morgan fingerprint density at radius 1 is 1.23 bits per heavy atom. The number of aliphatic hydroxyl groups excluding tert-OH is 1. The zero-order valence-electron chi connectivity index (χ0n) is 19.5. The number of amides is 1. The van der Waals surface area contributed by atoms with Gasteiger partial charge in [0, 0.05) is 24.5 Å². The van der Waals surface area contributed by atoms with E-state index in [0.29, 0.717) is 25.0 Å². The summed E-state index contributed by atoms with van der Waals surface area (Å²) in [6.45, 7) is 9.36. The lowest BCUT2D eigenvalue weighted by Crippen LogP contribution is -2.49. The maximum absolute atomic E-state index is 12.4. The predicted molar refractivity (Wildman–Crippen MR) is 119 cm³/mol. The van der Waals surface area contributed by atoms with Gasteiger partial charge in [0.1, 0.15) is 5.78 Å². The molecule has 3 unspecified atom stereocenters. The summed E-state index contributed by atoms with van der Waals surface area (Å²) >= 11 is 0. The minimum Gasteiger partial charge on any atom is -0.449 e. The molecular formula is C24H44N2O4. The van der Waals surface area contributed by atoms with E-state index in [1.54, 1.807) is 0 Å². The summed E-state index contributed by atoms with van der Waals surface area (Å²) in [5, 5.41) is 17.2. The molecule has 0 bridgehead atoms. The van der Waals surface area contributed by atoms with Crippen LogP contribution in [0.4, 0.5) is 4.79 Å². The SMILES string of the molecule is CCCC[C@H](NC[C@@H](CC(C)C)NC(=O)OCC1CCCCC1)C(O)C1C(=O)C1C. The molecule has 0 aliphatic heterocycles. The molecule has 174 valence electrons. The molecule has 2 rings (SSSR count). The minimum atomic E-state index is -0.656. The van der Waals surface area contributed by atoms with Crippen molar-refractivity contribution in [3.05, 3.63) is 0 Å². The maximum Gasteiger partial charge on any atom is 0.407 e. The van der Waals surface area contributed by atoms with E-state index < -0.39 is 6.10 Å². The second-order valence-electron chi connectivity index (χ2n) is 9.94. The number of hydrogen-bond donors (Lipinski definition) is 3. The topological polar surface area (TPSA) is 87.7 Å². The first-order valence-corrected chi connectivity index (χ1v) is 12.2. The summed E-state index contributed by atoms with van der Waals surface area (Å²) < 4.78 is 5.52. The standard InChI is InChI=1S/C24H44N2O4/c1-5-6-12-20(23(28)21-17(4)22(21)27)25-14-19(13-16(2)3)26-24(29)30-15-18-10-8-7-9-11-18/h16-21,23,25,28H,5-15H2,1-4H3,(H,26,29)/t17?,19-,20+,21?,23?/m1/s1. The van der Waals surface area contributed by atoms with Crippen LogP contribution in [0.3, 0.4) is 0 Å². The van der Waals surface area contributed by atoms with E-state index >= 15 is 0 Å². The molecule has 2 saturated carbocycles. The van der Waals surface area contributed by atoms with Crippen molar-refractivity contribution in [2.24, 2.45) is 23.7 Å². The van der Waals surface area contributed by atoms with Crippen LogP contribution in [0.5, 0.6) is 0 Å². The smallest absolute Gasteiger partial charge is 0.407 e. The molecule has 0 radical (unpaired) electrons. The summed E-state index contributed by atoms with van der Waals surface area (Å²) in [6, 6.07) is -0.189. The van der Waals surface area contributed by atoms with E-state index in [1.807, 2.05) is 6.92 Å². The Morgan fingerprint density at radius 3 is 2.47 bits per heavy atom. The van der Waals surface area contributed by atoms with Crippen molar-refractivity contribution in [3.63, 3.8) is 0 Å². The zero-order valence-corrected chi connectivity index (χ0v) is 19.5. The van der Waals surface area contributed by atoms with Gasteiger partial charge in [-0.2, -0.15) is 0 Å². The molecule has 2 aliphatic carbocycles. The van der Waals surface area contributed by atoms with Crippen LogP contribution in [0.2, 0.25) is 0 Å². The van der Waals surface area contributed by atoms with Gasteiger partial charge in [-0.1, -0.05) is 59.8 Å². The second kappa shape index (κ2) is 12.7. The van der Waals surface area contributed by atoms with Crippen LogP contribution < -0.4 is 10.6 Å². The lowest BCUT2D eigenvalue weighted by atomic mass is 9.90. The third kappa shape index (κ3) is 8.18. The molecule has 1 amide bonds. The van der Waals surface area contributed by atoms with E-state index in [9.17, 15) is 14.7 Å². The van der Waals surface area contributed by atoms with E-state index in [-0.39, 0.29) is 35.8 Å². The molecule has 0 aromatic heterocycles. The summed E-state index contributed by atoms with van der Waals surface area (Å²) in [5.41, 5.74) is 0. The molecule has 30 heavy (non-hydrogen) atoms. The quantitative estimate of drug-likeness (QED) is 0.415. The van der Waals surface area contributed by atoms with Gasteiger partial charge in [-0.05, 0) is 37.5 Å². The number of rotatable bonds is 13. The third-order valence-electron chi connectivity index (χ3n) is 6.73. The van der Waals surface area contributed by atoms with Crippen LogP contribution in [-0.2, 0) is 9.53 Å². The number of hydrogen-bond acceptors (Lipinski definition) is 5. The highest BCUT2D eigenvalue weighted by Crippen LogP contribution is 2.37. The van der Waals surface area contributed by atoms with Crippen molar-refractivity contribution < 1.29 is 19.4 Å². The molecule has 0 aromatic rings. The summed E-state index contributed by atoms with van der Waals surface area (Å²) in [5.74, 6) is 0.813. The molecule has 6 nitrogen and oxygen atoms in total. The van der Waals surface area contributed by atoms with Gasteiger partial charge in [-0.25, -0.2) is 4.79 Å². The van der Waals surface area contributed by atoms with E-state index in [0.717, 1.165) is 38.5 Å². The van der Waals surface area contributed by atoms with Gasteiger partial charge in [-0.15, -0.1) is 0 Å². The average molecular weight is 425 g/mol. The minimum absolute atomic E-state index is 0.0368. The fourth-order valence-electron chi connectivity index (χ4n) is 4.73. The Kier molecular flexibility index (Phi) is 10.6. The monoisotopic (exact) mass is 424 g/mol. The molecule has 2 aliphatic rings. The number of aliphatic hydroxyl groups is 1. The number of ketones is 1. The maximum atomic E-state index is 12.4. The van der Waals surface area contributed by atoms with Crippen molar-refractivity contribution in [1.29, 1.82) is 0 Å². The Hall–Kier alpha value is -1.14. The van der Waals surface area contributed by atoms with Gasteiger partial charge in [0.05, 0.1) is 18.6 Å². The molecule has 2 fully saturated rings. The largest absolute Gasteiger partial charge is 0.449 e. The molecule has 0 saturated heterocycles. The average Bonchev–Trinajstić information content (AvgIpc) is 3.32. The molecule has 0 spiro atoms. The number of unbranched alkanes of at least 4 members (excludes halogenated alkanes) is 1. The van der Waals surface area contributed by atoms with Crippen LogP contribution in [-0.4, -0.2) is 48.3 Å². The number of carbonyl (C=O) groups is 2. The Labute approximate surface area is 182 Å². The van der Waals surface area contributed by atoms with Crippen LogP contribution in [0.1, 0.15) is 85.5 Å². The zero-order chi connectivity index (χ0) is 22.1. The third-order valence-corrected chi connectivity index (χ3v) is 6.73. The van der Waals surface area contributed by atoms with E-state index in [2.05, 4.69) is 31.4 Å². The number of ether oxygens (including phenoxy) is 1. The normalized spacial score (nSPS) is 25.1. The van der Waals surface area contributed by atoms with Gasteiger partial charge in [-0.3, -0.25) is 4.79 Å². The Balaban J connectivity index is 1.84. The summed E-state index contributed by atoms with van der Waals surface area (Å²) in [4.78, 5) is 24.2. The number of alkyl carbamates (subject to hydrolysis) is 1. The first kappa shape index (κ1) is 25.1. The number of Topliss-reactive ketones (excluding diaryl/α,β-unsaturated/α-hetero) is 1. The van der Waals surface area contributed by atoms with Crippen LogP contribution in [0.15, 0.2) is 0 Å². The van der Waals surface area contributed by atoms with E-state index in [1.165, 1.54) is 19.3 Å². The van der Waals surface area contributed by atoms with Gasteiger partial charge in [0.15, 0.2) is 0 Å². The van der Waals surface area contributed by atoms with Crippen LogP contribution in [0.25, 0.3) is 0 Å². The molecule has 6 heteroatoms. The number of carbonyl (C=O) groups excluding carboxylic acids is 2. The highest BCUT2D eigenvalue weighted by molar-refractivity contribution is 5.99. The van der Waals surface area contributed by atoms with Crippen molar-refractivity contribution in [3.8, 4) is 0 Å². The first-order chi connectivity index (χ1) is 14.3. The van der Waals surface area contributed by atoms with Gasteiger partial charge >= 0.3 is 6.09 Å². The molecule has 5 atom stereocenters. The van der Waals surface area contributed by atoms with Gasteiger partial charge in [0.25, 0.3) is 0 Å². The van der Waals surface area contributed by atoms with Gasteiger partial charge < -0.3 is 20.5 Å². The Bertz CT molecular complexity index is 533. The number of nitrogens with one attached hydrogen (secondary N) is 2. The van der Waals surface area contributed by atoms with Crippen molar-refractivity contribution in [1.82, 2.24) is 10.6 Å². The lowest BCUT2D eigenvalue weighted by Gasteiger charge is -2.28. The first-order valence-electron chi connectivity index (χ1n) is 12.2. The fraction of sp³-hybridized carbons (Fsp3) is 0.917. The molecule has 3 N–H and O–H groups in total. The molecule has 0 aromatic carbocycles. The van der Waals surface area contributed by atoms with Crippen LogP contribution >= 0.6 is 0 Å². The highest BCUT2D eigenvalue weighted by atomic mass is 16.5. The van der Waals surface area contributed by atoms with Crippen LogP contribution in [0, 0.1) is 23.7 Å². The van der Waals surface area contributed by atoms with Crippen molar-refractivity contribution in [2.45, 2.75) is 104 Å². The molecule has 0 heterocycles. The second-order valence-corrected chi connectivity index (χ2v) is 9.94. The highest BCUT2D eigenvalue weighted by Gasteiger charge is 2.51. The van der Waals surface area contributed by atoms with E-state index in [4.69, 9.17) is 4.74 Å². The van der Waals surface area contributed by atoms with Gasteiger partial charge in [0.2, 0.25) is 0 Å². The lowest BCUT2D eigenvalue weighted by molar-refractivity contribution is -0.113. The Morgan fingerprint density at radius 2 is 1.90 bits per heavy atom. The fourth-order valence-corrected chi connectivity index (χ4v) is 4.73. The van der Waals surface area contributed by atoms with Crippen molar-refractivity contribution in [2.75, 3.05) is 13.2 Å².